The molecule has 0 fully saturated rings. The molecule has 102 valence electrons. The molecule has 2 unspecified atom stereocenters. The summed E-state index contributed by atoms with van der Waals surface area (Å²) < 4.78 is 16.3. The van der Waals surface area contributed by atoms with E-state index in [4.69, 9.17) is 14.2 Å². The zero-order valence-electron chi connectivity index (χ0n) is 11.7. The fourth-order valence-corrected chi connectivity index (χ4v) is 1.77. The van der Waals surface area contributed by atoms with Gasteiger partial charge >= 0.3 is 0 Å². The lowest BCUT2D eigenvalue weighted by atomic mass is 10.1. The van der Waals surface area contributed by atoms with Crippen molar-refractivity contribution in [2.24, 2.45) is 0 Å². The lowest BCUT2D eigenvalue weighted by Crippen LogP contribution is -2.16. The van der Waals surface area contributed by atoms with Crippen LogP contribution in [0.4, 0.5) is 0 Å². The number of benzene rings is 1. The van der Waals surface area contributed by atoms with Gasteiger partial charge in [-0.25, -0.2) is 0 Å². The summed E-state index contributed by atoms with van der Waals surface area (Å²) in [5.74, 6) is 1.33. The van der Waals surface area contributed by atoms with E-state index in [0.717, 1.165) is 11.1 Å². The molecule has 0 bridgehead atoms. The molecule has 0 saturated heterocycles. The third kappa shape index (κ3) is 3.62. The average molecular weight is 254 g/mol. The van der Waals surface area contributed by atoms with Crippen LogP contribution in [0.25, 0.3) is 0 Å². The molecule has 18 heavy (non-hydrogen) atoms. The van der Waals surface area contributed by atoms with E-state index in [1.54, 1.807) is 20.1 Å². The molecule has 1 N–H and O–H groups in total. The van der Waals surface area contributed by atoms with Gasteiger partial charge in [0, 0.05) is 18.2 Å². The number of aryl methyl sites for hydroxylation is 1. The third-order valence-corrected chi connectivity index (χ3v) is 2.67. The van der Waals surface area contributed by atoms with Crippen molar-refractivity contribution in [2.45, 2.75) is 40.1 Å². The Bertz CT molecular complexity index is 388. The molecule has 0 radical (unpaired) electrons. The summed E-state index contributed by atoms with van der Waals surface area (Å²) in [7, 11) is 1.58. The van der Waals surface area contributed by atoms with Crippen LogP contribution in [0, 0.1) is 6.92 Å². The molecule has 1 aromatic carbocycles. The number of hydrogen-bond donors (Lipinski definition) is 1. The monoisotopic (exact) mass is 254 g/mol. The zero-order chi connectivity index (χ0) is 13.7. The summed E-state index contributed by atoms with van der Waals surface area (Å²) in [6.45, 7) is 8.00. The summed E-state index contributed by atoms with van der Waals surface area (Å²) in [6.07, 6.45) is -0.882. The quantitative estimate of drug-likeness (QED) is 0.793. The molecule has 0 amide bonds. The highest BCUT2D eigenvalue weighted by Crippen LogP contribution is 2.32. The summed E-state index contributed by atoms with van der Waals surface area (Å²) >= 11 is 0. The first-order valence-corrected chi connectivity index (χ1v) is 6.14. The summed E-state index contributed by atoms with van der Waals surface area (Å²) in [5.41, 5.74) is 1.70. The highest BCUT2D eigenvalue weighted by molar-refractivity contribution is 5.47. The first-order valence-electron chi connectivity index (χ1n) is 6.14. The topological polar surface area (TPSA) is 47.9 Å². The first kappa shape index (κ1) is 14.8. The number of aliphatic hydroxyl groups is 1. The zero-order valence-corrected chi connectivity index (χ0v) is 11.7. The molecule has 0 aliphatic rings. The normalized spacial score (nSPS) is 14.1. The molecule has 1 rings (SSSR count). The van der Waals surface area contributed by atoms with Crippen molar-refractivity contribution in [3.63, 3.8) is 0 Å². The van der Waals surface area contributed by atoms with Gasteiger partial charge in [0.1, 0.15) is 11.5 Å². The fraction of sp³-hybridized carbons (Fsp3) is 0.571. The van der Waals surface area contributed by atoms with Gasteiger partial charge in [0.25, 0.3) is 0 Å². The summed E-state index contributed by atoms with van der Waals surface area (Å²) in [4.78, 5) is 0. The van der Waals surface area contributed by atoms with Crippen molar-refractivity contribution < 1.29 is 19.3 Å². The van der Waals surface area contributed by atoms with Crippen LogP contribution in [0.2, 0.25) is 0 Å². The Morgan fingerprint density at radius 2 is 1.89 bits per heavy atom. The van der Waals surface area contributed by atoms with E-state index in [1.165, 1.54) is 0 Å². The second-order valence-corrected chi connectivity index (χ2v) is 4.18. The minimum Gasteiger partial charge on any atom is -0.496 e. The summed E-state index contributed by atoms with van der Waals surface area (Å²) in [5, 5.41) is 9.67. The lowest BCUT2D eigenvalue weighted by molar-refractivity contribution is -0.0617. The number of methoxy groups -OCH3 is 1. The van der Waals surface area contributed by atoms with Crippen LogP contribution < -0.4 is 9.47 Å². The standard InChI is InChI=1S/C14H22O4/c1-6-17-11(4)18-13-8-14(16-5)12(10(3)15)7-9(13)2/h7-8,10-11,15H,6H2,1-5H3. The van der Waals surface area contributed by atoms with Gasteiger partial charge in [0.2, 0.25) is 0 Å². The molecule has 0 aliphatic carbocycles. The van der Waals surface area contributed by atoms with Gasteiger partial charge in [-0.3, -0.25) is 0 Å². The fourth-order valence-electron chi connectivity index (χ4n) is 1.77. The Kier molecular flexibility index (Phi) is 5.44. The van der Waals surface area contributed by atoms with Crippen molar-refractivity contribution in [1.29, 1.82) is 0 Å². The molecular weight excluding hydrogens is 232 g/mol. The average Bonchev–Trinajstić information content (AvgIpc) is 2.31. The van der Waals surface area contributed by atoms with Gasteiger partial charge in [0.05, 0.1) is 13.2 Å². The van der Waals surface area contributed by atoms with E-state index in [0.29, 0.717) is 18.1 Å². The minimum absolute atomic E-state index is 0.309. The SMILES string of the molecule is CCOC(C)Oc1cc(OC)c(C(C)O)cc1C. The van der Waals surface area contributed by atoms with Crippen LogP contribution in [0.5, 0.6) is 11.5 Å². The van der Waals surface area contributed by atoms with Crippen molar-refractivity contribution in [1.82, 2.24) is 0 Å². The molecule has 0 aliphatic heterocycles. The number of hydrogen-bond acceptors (Lipinski definition) is 4. The van der Waals surface area contributed by atoms with E-state index >= 15 is 0 Å². The molecule has 0 saturated carbocycles. The van der Waals surface area contributed by atoms with Crippen LogP contribution in [0.1, 0.15) is 38.0 Å². The van der Waals surface area contributed by atoms with Gasteiger partial charge in [0.15, 0.2) is 6.29 Å². The molecular formula is C14H22O4. The van der Waals surface area contributed by atoms with Gasteiger partial charge in [-0.15, -0.1) is 0 Å². The Morgan fingerprint density at radius 3 is 2.39 bits per heavy atom. The third-order valence-electron chi connectivity index (χ3n) is 2.67. The van der Waals surface area contributed by atoms with Gasteiger partial charge in [-0.2, -0.15) is 0 Å². The maximum atomic E-state index is 9.67. The number of aliphatic hydroxyl groups excluding tert-OH is 1. The van der Waals surface area contributed by atoms with Crippen LogP contribution in [-0.2, 0) is 4.74 Å². The van der Waals surface area contributed by atoms with E-state index in [9.17, 15) is 5.11 Å². The Morgan fingerprint density at radius 1 is 1.22 bits per heavy atom. The highest BCUT2D eigenvalue weighted by atomic mass is 16.7. The Balaban J connectivity index is 3.00. The van der Waals surface area contributed by atoms with E-state index in [-0.39, 0.29) is 6.29 Å². The smallest absolute Gasteiger partial charge is 0.196 e. The van der Waals surface area contributed by atoms with Gasteiger partial charge < -0.3 is 19.3 Å². The predicted octanol–water partition coefficient (Wildman–Crippen LogP) is 2.82. The molecule has 2 atom stereocenters. The number of rotatable bonds is 6. The van der Waals surface area contributed by atoms with Crippen LogP contribution in [-0.4, -0.2) is 25.1 Å². The second kappa shape index (κ2) is 6.61. The largest absolute Gasteiger partial charge is 0.496 e. The Hall–Kier alpha value is -1.26. The van der Waals surface area contributed by atoms with Crippen molar-refractivity contribution >= 4 is 0 Å². The van der Waals surface area contributed by atoms with Crippen LogP contribution >= 0.6 is 0 Å². The van der Waals surface area contributed by atoms with E-state index in [1.807, 2.05) is 26.8 Å². The van der Waals surface area contributed by atoms with Crippen molar-refractivity contribution in [3.05, 3.63) is 23.3 Å². The van der Waals surface area contributed by atoms with Crippen molar-refractivity contribution in [3.8, 4) is 11.5 Å². The van der Waals surface area contributed by atoms with Gasteiger partial charge in [-0.05, 0) is 39.3 Å². The molecule has 4 heteroatoms. The van der Waals surface area contributed by atoms with Crippen molar-refractivity contribution in [2.75, 3.05) is 13.7 Å². The number of ether oxygens (including phenoxy) is 3. The maximum Gasteiger partial charge on any atom is 0.196 e. The van der Waals surface area contributed by atoms with E-state index in [2.05, 4.69) is 0 Å². The maximum absolute atomic E-state index is 9.67. The second-order valence-electron chi connectivity index (χ2n) is 4.18. The Labute approximate surface area is 108 Å². The first-order chi connectivity index (χ1) is 8.49. The molecule has 1 aromatic rings. The van der Waals surface area contributed by atoms with Crippen LogP contribution in [0.3, 0.4) is 0 Å². The molecule has 0 spiro atoms. The highest BCUT2D eigenvalue weighted by Gasteiger charge is 2.14. The van der Waals surface area contributed by atoms with Gasteiger partial charge in [-0.1, -0.05) is 0 Å². The van der Waals surface area contributed by atoms with E-state index < -0.39 is 6.10 Å². The minimum atomic E-state index is -0.572. The molecule has 4 nitrogen and oxygen atoms in total. The molecule has 0 heterocycles. The molecule has 0 aromatic heterocycles. The lowest BCUT2D eigenvalue weighted by Gasteiger charge is -2.19. The summed E-state index contributed by atoms with van der Waals surface area (Å²) in [6, 6.07) is 3.66. The van der Waals surface area contributed by atoms with Crippen LogP contribution in [0.15, 0.2) is 12.1 Å². The predicted molar refractivity (Wildman–Crippen MR) is 70.1 cm³/mol.